The Bertz CT molecular complexity index is 1110. The molecule has 1 N–H and O–H groups in total. The lowest BCUT2D eigenvalue weighted by Crippen LogP contribution is -2.24. The fourth-order valence-corrected chi connectivity index (χ4v) is 3.36. The van der Waals surface area contributed by atoms with E-state index in [0.717, 1.165) is 32.3 Å². The first-order valence-corrected chi connectivity index (χ1v) is 8.71. The van der Waals surface area contributed by atoms with Gasteiger partial charge in [0.25, 0.3) is 5.91 Å². The van der Waals surface area contributed by atoms with Crippen LogP contribution in [0.2, 0.25) is 0 Å². The number of amides is 1. The number of rotatable bonds is 3. The Kier molecular flexibility index (Phi) is 3.84. The summed E-state index contributed by atoms with van der Waals surface area (Å²) in [6.07, 6.45) is 0. The molecule has 0 saturated heterocycles. The Morgan fingerprint density at radius 2 is 2.08 bits per heavy atom. The zero-order valence-corrected chi connectivity index (χ0v) is 15.4. The van der Waals surface area contributed by atoms with Crippen LogP contribution in [0.25, 0.3) is 22.0 Å². The molecule has 0 spiro atoms. The molecule has 0 aliphatic rings. The summed E-state index contributed by atoms with van der Waals surface area (Å²) in [6.45, 7) is 2.23. The van der Waals surface area contributed by atoms with Gasteiger partial charge in [-0.2, -0.15) is 0 Å². The van der Waals surface area contributed by atoms with Gasteiger partial charge in [-0.1, -0.05) is 28.1 Å². The summed E-state index contributed by atoms with van der Waals surface area (Å²) in [7, 11) is 1.95. The van der Waals surface area contributed by atoms with E-state index in [1.807, 2.05) is 61.0 Å². The van der Waals surface area contributed by atoms with Gasteiger partial charge in [-0.05, 0) is 37.3 Å². The van der Waals surface area contributed by atoms with Crippen molar-refractivity contribution < 1.29 is 9.21 Å². The number of hydrogen-bond donors (Lipinski definition) is 1. The Hall–Kier alpha value is -2.60. The molecule has 0 fully saturated rings. The van der Waals surface area contributed by atoms with Gasteiger partial charge in [-0.3, -0.25) is 4.79 Å². The van der Waals surface area contributed by atoms with E-state index >= 15 is 0 Å². The summed E-state index contributed by atoms with van der Waals surface area (Å²) < 4.78 is 8.67. The van der Waals surface area contributed by atoms with Crippen LogP contribution in [-0.4, -0.2) is 15.5 Å². The summed E-state index contributed by atoms with van der Waals surface area (Å²) in [5, 5.41) is 3.84. The van der Waals surface area contributed by atoms with E-state index in [0.29, 0.717) is 17.9 Å². The highest BCUT2D eigenvalue weighted by atomic mass is 79.9. The predicted octanol–water partition coefficient (Wildman–Crippen LogP) is 4.32. The summed E-state index contributed by atoms with van der Waals surface area (Å²) in [5.74, 6) is 0.898. The Balaban J connectivity index is 1.59. The van der Waals surface area contributed by atoms with Gasteiger partial charge in [-0.25, -0.2) is 4.98 Å². The van der Waals surface area contributed by atoms with Gasteiger partial charge in [0.2, 0.25) is 0 Å². The number of benzene rings is 2. The van der Waals surface area contributed by atoms with Gasteiger partial charge in [0.15, 0.2) is 5.76 Å². The molecular weight excluding hydrogens is 382 g/mol. The van der Waals surface area contributed by atoms with E-state index in [1.165, 1.54) is 0 Å². The topological polar surface area (TPSA) is 60.1 Å². The Morgan fingerprint density at radius 1 is 1.28 bits per heavy atom. The van der Waals surface area contributed by atoms with E-state index in [-0.39, 0.29) is 5.91 Å². The molecule has 0 bridgehead atoms. The molecule has 0 aliphatic heterocycles. The lowest BCUT2D eigenvalue weighted by atomic mass is 10.1. The van der Waals surface area contributed by atoms with Crippen molar-refractivity contribution in [3.05, 3.63) is 64.1 Å². The minimum Gasteiger partial charge on any atom is -0.451 e. The number of aromatic nitrogens is 2. The largest absolute Gasteiger partial charge is 0.451 e. The maximum atomic E-state index is 12.6. The summed E-state index contributed by atoms with van der Waals surface area (Å²) in [6, 6.07) is 13.6. The third kappa shape index (κ3) is 2.72. The van der Waals surface area contributed by atoms with Crippen molar-refractivity contribution in [1.82, 2.24) is 14.9 Å². The third-order valence-corrected chi connectivity index (χ3v) is 4.88. The van der Waals surface area contributed by atoms with Crippen LogP contribution in [0.5, 0.6) is 0 Å². The van der Waals surface area contributed by atoms with Crippen LogP contribution in [0.1, 0.15) is 21.9 Å². The molecular formula is C19H16BrN3O2. The van der Waals surface area contributed by atoms with E-state index in [1.54, 1.807) is 0 Å². The average molecular weight is 398 g/mol. The fourth-order valence-electron chi connectivity index (χ4n) is 3.00. The smallest absolute Gasteiger partial charge is 0.287 e. The molecule has 5 nitrogen and oxygen atoms in total. The standard InChI is InChI=1S/C19H16BrN3O2/c1-11-13-9-12(20)7-8-16(13)25-18(11)19(24)21-10-17-22-14-5-3-4-6-15(14)23(17)2/h3-9H,10H2,1-2H3,(H,21,24). The van der Waals surface area contributed by atoms with Crippen LogP contribution in [0.15, 0.2) is 51.4 Å². The highest BCUT2D eigenvalue weighted by molar-refractivity contribution is 9.10. The second kappa shape index (κ2) is 6.04. The monoisotopic (exact) mass is 397 g/mol. The first kappa shape index (κ1) is 15.9. The number of para-hydroxylation sites is 2. The van der Waals surface area contributed by atoms with E-state index in [9.17, 15) is 4.79 Å². The number of hydrogen-bond acceptors (Lipinski definition) is 3. The quantitative estimate of drug-likeness (QED) is 0.559. The molecule has 2 aromatic heterocycles. The normalized spacial score (nSPS) is 11.3. The second-order valence-corrected chi connectivity index (χ2v) is 6.87. The van der Waals surface area contributed by atoms with Gasteiger partial charge in [0.05, 0.1) is 17.6 Å². The SMILES string of the molecule is Cc1c(C(=O)NCc2nc3ccccc3n2C)oc2ccc(Br)cc12. The molecule has 2 heterocycles. The lowest BCUT2D eigenvalue weighted by molar-refractivity contribution is 0.0923. The zero-order chi connectivity index (χ0) is 17.6. The zero-order valence-electron chi connectivity index (χ0n) is 13.8. The van der Waals surface area contributed by atoms with Gasteiger partial charge in [-0.15, -0.1) is 0 Å². The maximum Gasteiger partial charge on any atom is 0.287 e. The fraction of sp³-hybridized carbons (Fsp3) is 0.158. The lowest BCUT2D eigenvalue weighted by Gasteiger charge is -2.04. The molecule has 0 saturated carbocycles. The minimum atomic E-state index is -0.239. The van der Waals surface area contributed by atoms with Crippen molar-refractivity contribution >= 4 is 43.8 Å². The van der Waals surface area contributed by atoms with Crippen LogP contribution >= 0.6 is 15.9 Å². The second-order valence-electron chi connectivity index (χ2n) is 5.96. The first-order valence-electron chi connectivity index (χ1n) is 7.92. The Morgan fingerprint density at radius 3 is 2.88 bits per heavy atom. The minimum absolute atomic E-state index is 0.239. The molecule has 25 heavy (non-hydrogen) atoms. The molecule has 4 rings (SSSR count). The summed E-state index contributed by atoms with van der Waals surface area (Å²) in [4.78, 5) is 17.1. The average Bonchev–Trinajstić information content (AvgIpc) is 3.11. The van der Waals surface area contributed by atoms with Gasteiger partial charge < -0.3 is 14.3 Å². The Labute approximate surface area is 152 Å². The number of furan rings is 1. The molecule has 0 aliphatic carbocycles. The molecule has 0 radical (unpaired) electrons. The predicted molar refractivity (Wildman–Crippen MR) is 101 cm³/mol. The number of aryl methyl sites for hydroxylation is 2. The highest BCUT2D eigenvalue weighted by Gasteiger charge is 2.18. The van der Waals surface area contributed by atoms with E-state index in [2.05, 4.69) is 26.2 Å². The molecule has 2 aromatic carbocycles. The van der Waals surface area contributed by atoms with Crippen LogP contribution in [0.3, 0.4) is 0 Å². The van der Waals surface area contributed by atoms with Crippen molar-refractivity contribution in [3.63, 3.8) is 0 Å². The molecule has 126 valence electrons. The van der Waals surface area contributed by atoms with Crippen LogP contribution in [0.4, 0.5) is 0 Å². The first-order chi connectivity index (χ1) is 12.0. The van der Waals surface area contributed by atoms with Crippen LogP contribution in [-0.2, 0) is 13.6 Å². The van der Waals surface area contributed by atoms with Gasteiger partial charge >= 0.3 is 0 Å². The number of nitrogens with zero attached hydrogens (tertiary/aromatic N) is 2. The molecule has 4 aromatic rings. The van der Waals surface area contributed by atoms with Crippen LogP contribution in [0, 0.1) is 6.92 Å². The van der Waals surface area contributed by atoms with Crippen molar-refractivity contribution in [3.8, 4) is 0 Å². The number of fused-ring (bicyclic) bond motifs is 2. The number of imidazole rings is 1. The molecule has 0 atom stereocenters. The van der Waals surface area contributed by atoms with Gasteiger partial charge in [0.1, 0.15) is 11.4 Å². The third-order valence-electron chi connectivity index (χ3n) is 4.39. The number of carbonyl (C=O) groups is 1. The van der Waals surface area contributed by atoms with Crippen molar-refractivity contribution in [2.45, 2.75) is 13.5 Å². The van der Waals surface area contributed by atoms with Crippen molar-refractivity contribution in [2.75, 3.05) is 0 Å². The van der Waals surface area contributed by atoms with Crippen LogP contribution < -0.4 is 5.32 Å². The molecule has 6 heteroatoms. The van der Waals surface area contributed by atoms with E-state index in [4.69, 9.17) is 4.42 Å². The van der Waals surface area contributed by atoms with Gasteiger partial charge in [0, 0.05) is 22.5 Å². The van der Waals surface area contributed by atoms with E-state index < -0.39 is 0 Å². The summed E-state index contributed by atoms with van der Waals surface area (Å²) in [5.41, 5.74) is 3.49. The molecule has 1 amide bonds. The molecule has 0 unspecified atom stereocenters. The number of carbonyl (C=O) groups excluding carboxylic acids is 1. The summed E-state index contributed by atoms with van der Waals surface area (Å²) >= 11 is 3.45. The van der Waals surface area contributed by atoms with Crippen molar-refractivity contribution in [2.24, 2.45) is 7.05 Å². The number of halogens is 1. The highest BCUT2D eigenvalue weighted by Crippen LogP contribution is 2.28. The number of nitrogens with one attached hydrogen (secondary N) is 1. The maximum absolute atomic E-state index is 12.6. The van der Waals surface area contributed by atoms with Crippen molar-refractivity contribution in [1.29, 1.82) is 0 Å².